The minimum absolute atomic E-state index is 0. The van der Waals surface area contributed by atoms with Crippen LogP contribution in [-0.2, 0) is 37.1 Å². The maximum absolute atomic E-state index is 9.77. The average Bonchev–Trinajstić information content (AvgIpc) is 1.98. The van der Waals surface area contributed by atoms with Crippen LogP contribution in [0.25, 0.3) is 0 Å². The molecule has 4 N–H and O–H groups in total. The van der Waals surface area contributed by atoms with Gasteiger partial charge in [0.05, 0.1) is 0 Å². The van der Waals surface area contributed by atoms with Crippen molar-refractivity contribution in [2.24, 2.45) is 0 Å². The summed E-state index contributed by atoms with van der Waals surface area (Å²) in [4.78, 5) is 19.5. The Morgan fingerprint density at radius 3 is 1.12 bits per heavy atom. The molecule has 0 saturated carbocycles. The van der Waals surface area contributed by atoms with Gasteiger partial charge in [0.25, 0.3) is 0 Å². The molecule has 10 nitrogen and oxygen atoms in total. The van der Waals surface area contributed by atoms with Gasteiger partial charge in [-0.05, 0) is 0 Å². The van der Waals surface area contributed by atoms with Gasteiger partial charge in [0.1, 0.15) is 0 Å². The van der Waals surface area contributed by atoms with Gasteiger partial charge in [-0.25, -0.2) is 9.59 Å². The van der Waals surface area contributed by atoms with Gasteiger partial charge in [-0.3, -0.25) is 8.42 Å². The molecule has 0 heterocycles. The number of aliphatic carboxylic acids is 2. The molecule has 12 heteroatoms. The van der Waals surface area contributed by atoms with E-state index in [1.807, 2.05) is 0 Å². The molecule has 0 aliphatic rings. The maximum Gasteiger partial charge on any atom is 2.00 e. The Bertz CT molecular complexity index is 296. The molecule has 2 atom stereocenters. The molecule has 16 heavy (non-hydrogen) atoms. The average molecular weight is 302 g/mol. The quantitative estimate of drug-likeness (QED) is 0.231. The second-order valence-corrected chi connectivity index (χ2v) is 2.79. The zero-order valence-electron chi connectivity index (χ0n) is 7.15. The Hall–Kier alpha value is -0.751. The Kier molecular flexibility index (Phi) is 10.8. The number of aliphatic hydroxyl groups excluding tert-OH is 2. The summed E-state index contributed by atoms with van der Waals surface area (Å²) in [6, 6.07) is 0. The van der Waals surface area contributed by atoms with Crippen LogP contribution in [0, 0.1) is 0 Å². The van der Waals surface area contributed by atoms with Gasteiger partial charge in [-0.1, -0.05) is 0 Å². The monoisotopic (exact) mass is 302 g/mol. The summed E-state index contributed by atoms with van der Waals surface area (Å²) in [5, 5.41) is 32.5. The van der Waals surface area contributed by atoms with Crippen molar-refractivity contribution >= 4 is 22.3 Å². The van der Waals surface area contributed by atoms with E-state index in [1.165, 1.54) is 0 Å². The summed E-state index contributed by atoms with van der Waals surface area (Å²) in [6.07, 6.45) is -4.53. The van der Waals surface area contributed by atoms with Crippen molar-refractivity contribution in [2.45, 2.75) is 12.2 Å². The van der Waals surface area contributed by atoms with Crippen LogP contribution in [0.1, 0.15) is 0 Å². The van der Waals surface area contributed by atoms with Gasteiger partial charge in [-0.2, -0.15) is 0 Å². The van der Waals surface area contributed by atoms with Crippen LogP contribution >= 0.6 is 0 Å². The van der Waals surface area contributed by atoms with E-state index in [9.17, 15) is 9.59 Å². The fraction of sp³-hybridized carbons (Fsp3) is 0.500. The number of carbonyl (C=O) groups is 2. The van der Waals surface area contributed by atoms with E-state index < -0.39 is 34.5 Å². The van der Waals surface area contributed by atoms with E-state index in [1.54, 1.807) is 0 Å². The van der Waals surface area contributed by atoms with Crippen LogP contribution in [0.2, 0.25) is 0 Å². The molecule has 0 spiro atoms. The Labute approximate surface area is 99.6 Å². The van der Waals surface area contributed by atoms with E-state index >= 15 is 0 Å². The summed E-state index contributed by atoms with van der Waals surface area (Å²) in [5.41, 5.74) is 0. The smallest absolute Gasteiger partial charge is 0.759 e. The van der Waals surface area contributed by atoms with E-state index in [0.717, 1.165) is 0 Å². The third kappa shape index (κ3) is 15.7. The zero-order chi connectivity index (χ0) is 12.8. The molecule has 0 aliphatic carbocycles. The molecular formula is C4H6FeO10S. The first kappa shape index (κ1) is 20.6. The van der Waals surface area contributed by atoms with Crippen molar-refractivity contribution in [3.05, 3.63) is 0 Å². The van der Waals surface area contributed by atoms with Gasteiger partial charge in [-0.15, -0.1) is 0 Å². The molecule has 2 unspecified atom stereocenters. The largest absolute Gasteiger partial charge is 2.00 e. The second-order valence-electron chi connectivity index (χ2n) is 1.97. The molecule has 0 aromatic rings. The second kappa shape index (κ2) is 8.41. The maximum atomic E-state index is 9.77. The molecule has 0 bridgehead atoms. The summed E-state index contributed by atoms with van der Waals surface area (Å²) < 4.78 is 34.1. The number of hydrogen-bond acceptors (Lipinski definition) is 8. The van der Waals surface area contributed by atoms with Crippen LogP contribution in [0.3, 0.4) is 0 Å². The Balaban J connectivity index is -0.000000242. The van der Waals surface area contributed by atoms with Gasteiger partial charge in [0.15, 0.2) is 12.2 Å². The van der Waals surface area contributed by atoms with Crippen molar-refractivity contribution in [2.75, 3.05) is 0 Å². The summed E-state index contributed by atoms with van der Waals surface area (Å²) in [7, 11) is -5.17. The number of hydrogen-bond donors (Lipinski definition) is 4. The van der Waals surface area contributed by atoms with Crippen LogP contribution < -0.4 is 0 Å². The van der Waals surface area contributed by atoms with Crippen molar-refractivity contribution in [3.63, 3.8) is 0 Å². The summed E-state index contributed by atoms with van der Waals surface area (Å²) in [5.74, 6) is -3.54. The Morgan fingerprint density at radius 1 is 0.938 bits per heavy atom. The fourth-order valence-electron chi connectivity index (χ4n) is 0.270. The fourth-order valence-corrected chi connectivity index (χ4v) is 0.270. The number of carboxylic acid groups (broad SMARTS) is 2. The van der Waals surface area contributed by atoms with Crippen LogP contribution in [0.5, 0.6) is 0 Å². The number of rotatable bonds is 3. The normalized spacial score (nSPS) is 13.5. The van der Waals surface area contributed by atoms with Crippen LogP contribution in [0.15, 0.2) is 0 Å². The molecular weight excluding hydrogens is 296 g/mol. The predicted octanol–water partition coefficient (Wildman–Crippen LogP) is -3.46. The first-order valence-corrected chi connectivity index (χ1v) is 4.28. The molecule has 0 aromatic carbocycles. The SMILES string of the molecule is O=C(O)C(O)C(O)C(=O)O.O=S(=O)([O-])[O-].[Fe+2]. The topological polar surface area (TPSA) is 195 Å². The van der Waals surface area contributed by atoms with Gasteiger partial charge >= 0.3 is 29.0 Å². The first-order chi connectivity index (χ1) is 6.46. The van der Waals surface area contributed by atoms with Crippen molar-refractivity contribution in [1.82, 2.24) is 0 Å². The predicted molar refractivity (Wildman–Crippen MR) is 37.8 cm³/mol. The van der Waals surface area contributed by atoms with Crippen molar-refractivity contribution in [3.8, 4) is 0 Å². The number of aliphatic hydroxyl groups is 2. The molecule has 0 saturated heterocycles. The molecule has 0 rings (SSSR count). The molecule has 0 radical (unpaired) electrons. The third-order valence-electron chi connectivity index (χ3n) is 0.805. The standard InChI is InChI=1S/C4H6O6.Fe.H2O4S/c5-1(3(7)8)2(6)4(9)10;;1-5(2,3)4/h1-2,5-6H,(H,7,8)(H,9,10);;(H2,1,2,3,4)/q;+2;/p-2. The van der Waals surface area contributed by atoms with E-state index in [-0.39, 0.29) is 17.1 Å². The van der Waals surface area contributed by atoms with E-state index in [4.69, 9.17) is 37.9 Å². The molecule has 0 aromatic heterocycles. The first-order valence-electron chi connectivity index (χ1n) is 2.95. The van der Waals surface area contributed by atoms with Gasteiger partial charge < -0.3 is 29.5 Å². The minimum Gasteiger partial charge on any atom is -0.759 e. The number of carboxylic acids is 2. The summed E-state index contributed by atoms with van der Waals surface area (Å²) >= 11 is 0. The zero-order valence-corrected chi connectivity index (χ0v) is 9.08. The van der Waals surface area contributed by atoms with Gasteiger partial charge in [0, 0.05) is 10.4 Å². The van der Waals surface area contributed by atoms with E-state index in [0.29, 0.717) is 0 Å². The van der Waals surface area contributed by atoms with Crippen LogP contribution in [0.4, 0.5) is 0 Å². The summed E-state index contributed by atoms with van der Waals surface area (Å²) in [6.45, 7) is 0. The third-order valence-corrected chi connectivity index (χ3v) is 0.805. The molecule has 0 aliphatic heterocycles. The van der Waals surface area contributed by atoms with Gasteiger partial charge in [0.2, 0.25) is 0 Å². The molecule has 0 amide bonds. The minimum atomic E-state index is -5.17. The molecule has 96 valence electrons. The van der Waals surface area contributed by atoms with Crippen molar-refractivity contribution < 1.29 is 64.6 Å². The van der Waals surface area contributed by atoms with Crippen molar-refractivity contribution in [1.29, 1.82) is 0 Å². The molecule has 0 fully saturated rings. The van der Waals surface area contributed by atoms with Crippen LogP contribution in [-0.4, -0.2) is 62.1 Å². The Morgan fingerprint density at radius 2 is 1.06 bits per heavy atom. The van der Waals surface area contributed by atoms with E-state index in [2.05, 4.69) is 0 Å².